The number of hydrogen-bond acceptors (Lipinski definition) is 0. The monoisotopic (exact) mass is 503 g/mol. The zero-order chi connectivity index (χ0) is 24.1. The van der Waals surface area contributed by atoms with Gasteiger partial charge in [-0.05, 0) is 52.9 Å². The van der Waals surface area contributed by atoms with Gasteiger partial charge in [-0.15, -0.1) is 0 Å². The Labute approximate surface area is 217 Å². The zero-order valence-electron chi connectivity index (χ0n) is 18.9. The zero-order valence-corrected chi connectivity index (χ0v) is 21.6. The first-order valence-corrected chi connectivity index (χ1v) is 16.4. The molecule has 1 atom stereocenters. The molecule has 0 N–H and O–H groups in total. The Bertz CT molecular complexity index is 1210. The molecule has 0 saturated carbocycles. The van der Waals surface area contributed by atoms with Crippen LogP contribution in [0.3, 0.4) is 0 Å². The Hall–Kier alpha value is -2.84. The van der Waals surface area contributed by atoms with Crippen molar-refractivity contribution in [2.75, 3.05) is 0 Å². The van der Waals surface area contributed by atoms with Crippen molar-refractivity contribution in [1.82, 2.24) is 0 Å². The summed E-state index contributed by atoms with van der Waals surface area (Å²) in [4.78, 5) is 0. The van der Waals surface area contributed by atoms with Crippen LogP contribution in [0.2, 0.25) is 0 Å². The summed E-state index contributed by atoms with van der Waals surface area (Å²) in [5, 5.41) is 7.60. The summed E-state index contributed by atoms with van der Waals surface area (Å²) < 4.78 is 0. The highest BCUT2D eigenvalue weighted by Crippen LogP contribution is 2.65. The van der Waals surface area contributed by atoms with Crippen LogP contribution in [0.15, 0.2) is 152 Å². The topological polar surface area (TPSA) is 0 Å². The maximum atomic E-state index is 7.01. The van der Waals surface area contributed by atoms with E-state index < -0.39 is 14.5 Å². The van der Waals surface area contributed by atoms with E-state index in [1.165, 1.54) is 26.2 Å². The fraction of sp³-hybridized carbons (Fsp3) is 0.0323. The molecule has 0 fully saturated rings. The van der Waals surface area contributed by atoms with Gasteiger partial charge in [-0.1, -0.05) is 127 Å². The van der Waals surface area contributed by atoms with Crippen LogP contribution >= 0.6 is 18.7 Å². The van der Waals surface area contributed by atoms with Crippen molar-refractivity contribution in [1.29, 1.82) is 0 Å². The van der Waals surface area contributed by atoms with Crippen LogP contribution in [0.4, 0.5) is 0 Å². The average molecular weight is 504 g/mol. The Morgan fingerprint density at radius 2 is 0.714 bits per heavy atom. The molecule has 0 aromatic heterocycles. The van der Waals surface area contributed by atoms with Crippen molar-refractivity contribution in [2.24, 2.45) is 0 Å². The summed E-state index contributed by atoms with van der Waals surface area (Å²) >= 11 is 7.01. The second kappa shape index (κ2) is 10.4. The van der Waals surface area contributed by atoms with Crippen LogP contribution in [0.25, 0.3) is 0 Å². The van der Waals surface area contributed by atoms with Crippen molar-refractivity contribution >= 4 is 60.8 Å². The Morgan fingerprint density at radius 1 is 0.457 bits per heavy atom. The predicted octanol–water partition coefficient (Wildman–Crippen LogP) is 4.17. The summed E-state index contributed by atoms with van der Waals surface area (Å²) in [6.07, 6.45) is 0. The summed E-state index contributed by atoms with van der Waals surface area (Å²) in [6.45, 7) is -2.13. The van der Waals surface area contributed by atoms with Gasteiger partial charge in [-0.2, -0.15) is 0 Å². The van der Waals surface area contributed by atoms with E-state index >= 15 is 0 Å². The largest absolute Gasteiger partial charge is 0.152 e. The van der Waals surface area contributed by atoms with Crippen molar-refractivity contribution in [3.63, 3.8) is 0 Å². The normalized spacial score (nSPS) is 12.7. The molecule has 0 aliphatic rings. The smallest absolute Gasteiger partial charge is 0.0624 e. The first-order valence-electron chi connectivity index (χ1n) is 11.5. The van der Waals surface area contributed by atoms with Crippen LogP contribution in [-0.2, 0) is 0 Å². The molecule has 0 nitrogen and oxygen atoms in total. The predicted molar refractivity (Wildman–Crippen MR) is 164 cm³/mol. The third-order valence-electron chi connectivity index (χ3n) is 6.34. The SMILES string of the molecule is [BH3-]C([Si](c1ccccc1)(c1ccccc1)c1ccccc1)[P+]([S])(c1ccccc1)c1ccccc1. The van der Waals surface area contributed by atoms with Crippen molar-refractivity contribution in [3.05, 3.63) is 152 Å². The molecule has 0 bridgehead atoms. The van der Waals surface area contributed by atoms with Gasteiger partial charge in [0.2, 0.25) is 0 Å². The molecule has 5 rings (SSSR count). The Kier molecular flexibility index (Phi) is 7.11. The highest BCUT2D eigenvalue weighted by Gasteiger charge is 2.56. The lowest BCUT2D eigenvalue weighted by Crippen LogP contribution is -2.75. The lowest BCUT2D eigenvalue weighted by atomic mass is 10.2. The molecule has 5 aromatic carbocycles. The molecule has 0 spiro atoms. The van der Waals surface area contributed by atoms with Crippen LogP contribution in [0, 0.1) is 0 Å². The molecule has 0 amide bonds. The maximum absolute atomic E-state index is 7.01. The lowest BCUT2D eigenvalue weighted by Gasteiger charge is -2.45. The second-order valence-electron chi connectivity index (χ2n) is 8.36. The summed E-state index contributed by atoms with van der Waals surface area (Å²) in [5.74, 6) is 0. The molecular formula is C31H29BPSSi. The minimum absolute atomic E-state index is 0.183. The molecule has 1 unspecified atom stereocenters. The van der Waals surface area contributed by atoms with Gasteiger partial charge in [0.15, 0.2) is 8.07 Å². The molecule has 5 aromatic rings. The van der Waals surface area contributed by atoms with E-state index in [9.17, 15) is 0 Å². The first kappa shape index (κ1) is 23.9. The van der Waals surface area contributed by atoms with Crippen LogP contribution in [0.5, 0.6) is 0 Å². The van der Waals surface area contributed by atoms with Gasteiger partial charge in [0.25, 0.3) is 0 Å². The van der Waals surface area contributed by atoms with Gasteiger partial charge >= 0.3 is 0 Å². The van der Waals surface area contributed by atoms with Gasteiger partial charge in [0, 0.05) is 0 Å². The molecule has 1 radical (unpaired) electrons. The molecule has 171 valence electrons. The van der Waals surface area contributed by atoms with E-state index in [1.54, 1.807) is 0 Å². The van der Waals surface area contributed by atoms with Crippen LogP contribution in [-0.4, -0.2) is 21.1 Å². The van der Waals surface area contributed by atoms with Gasteiger partial charge in [-0.25, -0.2) is 0 Å². The second-order valence-corrected chi connectivity index (χ2v) is 16.8. The molecule has 35 heavy (non-hydrogen) atoms. The highest BCUT2D eigenvalue weighted by atomic mass is 32.7. The fourth-order valence-corrected chi connectivity index (χ4v) is 16.7. The average Bonchev–Trinajstić information content (AvgIpc) is 2.96. The van der Waals surface area contributed by atoms with E-state index in [0.29, 0.717) is 5.18 Å². The van der Waals surface area contributed by atoms with E-state index in [2.05, 4.69) is 152 Å². The quantitative estimate of drug-likeness (QED) is 0.178. The van der Waals surface area contributed by atoms with Crippen molar-refractivity contribution < 1.29 is 0 Å². The molecule has 0 aliphatic heterocycles. The standard InChI is InChI=1S/C31H29BPSSi/c32-31(33(34,26-16-6-1-7-17-26)27-18-8-2-9-19-27)35(28-20-10-3-11-21-28,29-22-12-4-13-23-29)30-24-14-5-15-25-30/h1-25,31H,32H3. The molecule has 0 heterocycles. The van der Waals surface area contributed by atoms with Crippen molar-refractivity contribution in [3.8, 4) is 0 Å². The Morgan fingerprint density at radius 3 is 1.00 bits per heavy atom. The summed E-state index contributed by atoms with van der Waals surface area (Å²) in [7, 11) is -2.65. The van der Waals surface area contributed by atoms with E-state index in [4.69, 9.17) is 12.2 Å². The number of benzene rings is 5. The van der Waals surface area contributed by atoms with Gasteiger partial charge < -0.3 is 0 Å². The highest BCUT2D eigenvalue weighted by molar-refractivity contribution is 8.59. The third-order valence-corrected chi connectivity index (χ3v) is 17.4. The van der Waals surface area contributed by atoms with Crippen LogP contribution in [0.1, 0.15) is 0 Å². The molecule has 0 aliphatic carbocycles. The lowest BCUT2D eigenvalue weighted by molar-refractivity contribution is 1.60. The van der Waals surface area contributed by atoms with Gasteiger partial charge in [0.1, 0.15) is 29.3 Å². The van der Waals surface area contributed by atoms with Gasteiger partial charge in [0.05, 0.1) is 0 Å². The van der Waals surface area contributed by atoms with Crippen LogP contribution < -0.4 is 26.2 Å². The molecule has 0 saturated heterocycles. The Balaban J connectivity index is 1.89. The molecular weight excluding hydrogens is 474 g/mol. The summed E-state index contributed by atoms with van der Waals surface area (Å²) in [5.41, 5.74) is 0. The third kappa shape index (κ3) is 4.23. The minimum atomic E-state index is -2.47. The van der Waals surface area contributed by atoms with Crippen molar-refractivity contribution in [2.45, 2.75) is 5.18 Å². The van der Waals surface area contributed by atoms with E-state index in [-0.39, 0.29) is 7.85 Å². The number of hydrogen-bond donors (Lipinski definition) is 0. The minimum Gasteiger partial charge on any atom is -0.0624 e. The summed E-state index contributed by atoms with van der Waals surface area (Å²) in [6, 6.07) is 56.0. The van der Waals surface area contributed by atoms with E-state index in [0.717, 1.165) is 0 Å². The first-order chi connectivity index (χ1) is 17.2. The molecule has 4 heteroatoms. The van der Waals surface area contributed by atoms with Gasteiger partial charge in [-0.3, -0.25) is 0 Å². The van der Waals surface area contributed by atoms with E-state index in [1.807, 2.05) is 0 Å². The maximum Gasteiger partial charge on any atom is 0.152 e. The fourth-order valence-electron chi connectivity index (χ4n) is 4.70. The number of rotatable bonds is 7.